The summed E-state index contributed by atoms with van der Waals surface area (Å²) in [6.45, 7) is 0.718. The molecule has 94 valence electrons. The predicted octanol–water partition coefficient (Wildman–Crippen LogP) is 2.60. The number of nitrogens with one attached hydrogen (secondary N) is 1. The van der Waals surface area contributed by atoms with Crippen LogP contribution in [-0.4, -0.2) is 19.1 Å². The summed E-state index contributed by atoms with van der Waals surface area (Å²) in [5.41, 5.74) is 0.942. The molecule has 0 amide bonds. The average molecular weight is 244 g/mol. The van der Waals surface area contributed by atoms with Gasteiger partial charge in [0.05, 0.1) is 12.8 Å². The Balaban J connectivity index is 2.14. The average Bonchev–Trinajstić information content (AvgIpc) is 2.40. The van der Waals surface area contributed by atoms with E-state index in [1.807, 2.05) is 43.4 Å². The fourth-order valence-electron chi connectivity index (χ4n) is 1.60. The van der Waals surface area contributed by atoms with E-state index < -0.39 is 0 Å². The lowest BCUT2D eigenvalue weighted by molar-refractivity contribution is 0.409. The molecule has 4 heteroatoms. The summed E-state index contributed by atoms with van der Waals surface area (Å²) in [5, 5.41) is 3.06. The molecule has 0 aliphatic rings. The standard InChI is InChI=1S/C14H16N2O2/c1-15-10-11-8-14(6-7-16-11)18-13-5-3-4-12(9-13)17-2/h3-9,15H,10H2,1-2H3. The van der Waals surface area contributed by atoms with Gasteiger partial charge in [0.2, 0.25) is 0 Å². The van der Waals surface area contributed by atoms with Gasteiger partial charge in [-0.2, -0.15) is 0 Å². The second kappa shape index (κ2) is 6.02. The van der Waals surface area contributed by atoms with Crippen LogP contribution in [0.4, 0.5) is 0 Å². The SMILES string of the molecule is CNCc1cc(Oc2cccc(OC)c2)ccn1. The minimum atomic E-state index is 0.718. The van der Waals surface area contributed by atoms with Gasteiger partial charge in [-0.15, -0.1) is 0 Å². The minimum Gasteiger partial charge on any atom is -0.497 e. The van der Waals surface area contributed by atoms with Gasteiger partial charge in [-0.25, -0.2) is 0 Å². The van der Waals surface area contributed by atoms with Crippen molar-refractivity contribution in [3.8, 4) is 17.2 Å². The molecule has 0 atom stereocenters. The molecule has 0 unspecified atom stereocenters. The van der Waals surface area contributed by atoms with Crippen molar-refractivity contribution in [3.05, 3.63) is 48.3 Å². The van der Waals surface area contributed by atoms with E-state index in [1.54, 1.807) is 13.3 Å². The van der Waals surface area contributed by atoms with E-state index in [0.29, 0.717) is 0 Å². The van der Waals surface area contributed by atoms with Gasteiger partial charge in [0, 0.05) is 24.9 Å². The summed E-state index contributed by atoms with van der Waals surface area (Å²) in [4.78, 5) is 4.24. The summed E-state index contributed by atoms with van der Waals surface area (Å²) < 4.78 is 10.9. The molecule has 1 aromatic heterocycles. The number of hydrogen-bond acceptors (Lipinski definition) is 4. The summed E-state index contributed by atoms with van der Waals surface area (Å²) in [5.74, 6) is 2.29. The van der Waals surface area contributed by atoms with E-state index in [2.05, 4.69) is 10.3 Å². The lowest BCUT2D eigenvalue weighted by Gasteiger charge is -2.08. The van der Waals surface area contributed by atoms with Gasteiger partial charge >= 0.3 is 0 Å². The number of pyridine rings is 1. The monoisotopic (exact) mass is 244 g/mol. The van der Waals surface area contributed by atoms with Crippen molar-refractivity contribution in [1.82, 2.24) is 10.3 Å². The molecule has 18 heavy (non-hydrogen) atoms. The highest BCUT2D eigenvalue weighted by Gasteiger charge is 2.01. The van der Waals surface area contributed by atoms with Gasteiger partial charge in [-0.1, -0.05) is 6.07 Å². The molecule has 1 aromatic carbocycles. The van der Waals surface area contributed by atoms with E-state index in [4.69, 9.17) is 9.47 Å². The summed E-state index contributed by atoms with van der Waals surface area (Å²) in [6, 6.07) is 11.3. The van der Waals surface area contributed by atoms with Gasteiger partial charge < -0.3 is 14.8 Å². The van der Waals surface area contributed by atoms with Crippen LogP contribution in [0.2, 0.25) is 0 Å². The summed E-state index contributed by atoms with van der Waals surface area (Å²) in [7, 11) is 3.52. The van der Waals surface area contributed by atoms with Crippen molar-refractivity contribution >= 4 is 0 Å². The van der Waals surface area contributed by atoms with Crippen molar-refractivity contribution < 1.29 is 9.47 Å². The fraction of sp³-hybridized carbons (Fsp3) is 0.214. The lowest BCUT2D eigenvalue weighted by atomic mass is 10.3. The van der Waals surface area contributed by atoms with Crippen LogP contribution in [-0.2, 0) is 6.54 Å². The highest BCUT2D eigenvalue weighted by atomic mass is 16.5. The Hall–Kier alpha value is -2.07. The van der Waals surface area contributed by atoms with E-state index in [-0.39, 0.29) is 0 Å². The van der Waals surface area contributed by atoms with Crippen LogP contribution < -0.4 is 14.8 Å². The Morgan fingerprint density at radius 1 is 1.11 bits per heavy atom. The van der Waals surface area contributed by atoms with E-state index in [9.17, 15) is 0 Å². The molecule has 0 fully saturated rings. The molecule has 0 bridgehead atoms. The third-order valence-electron chi connectivity index (χ3n) is 2.42. The van der Waals surface area contributed by atoms with Crippen LogP contribution in [0.25, 0.3) is 0 Å². The lowest BCUT2D eigenvalue weighted by Crippen LogP contribution is -2.06. The molecular formula is C14H16N2O2. The smallest absolute Gasteiger partial charge is 0.131 e. The minimum absolute atomic E-state index is 0.718. The Morgan fingerprint density at radius 3 is 2.67 bits per heavy atom. The maximum Gasteiger partial charge on any atom is 0.131 e. The number of methoxy groups -OCH3 is 1. The molecule has 0 saturated heterocycles. The molecule has 1 N–H and O–H groups in total. The second-order valence-corrected chi connectivity index (χ2v) is 3.79. The quantitative estimate of drug-likeness (QED) is 0.878. The normalized spacial score (nSPS) is 10.1. The van der Waals surface area contributed by atoms with Crippen LogP contribution in [0.1, 0.15) is 5.69 Å². The third kappa shape index (κ3) is 3.21. The molecule has 0 saturated carbocycles. The number of benzene rings is 1. The third-order valence-corrected chi connectivity index (χ3v) is 2.42. The number of rotatable bonds is 5. The molecule has 2 rings (SSSR count). The molecular weight excluding hydrogens is 228 g/mol. The Kier molecular flexibility index (Phi) is 4.15. The number of hydrogen-bond donors (Lipinski definition) is 1. The topological polar surface area (TPSA) is 43.4 Å². The Labute approximate surface area is 107 Å². The summed E-state index contributed by atoms with van der Waals surface area (Å²) in [6.07, 6.45) is 1.74. The summed E-state index contributed by atoms with van der Waals surface area (Å²) >= 11 is 0. The molecule has 0 aliphatic carbocycles. The zero-order valence-corrected chi connectivity index (χ0v) is 10.5. The molecule has 0 spiro atoms. The molecule has 2 aromatic rings. The van der Waals surface area contributed by atoms with Gasteiger partial charge in [-0.3, -0.25) is 4.98 Å². The predicted molar refractivity (Wildman–Crippen MR) is 70.1 cm³/mol. The van der Waals surface area contributed by atoms with Gasteiger partial charge in [0.25, 0.3) is 0 Å². The van der Waals surface area contributed by atoms with E-state index in [1.165, 1.54) is 0 Å². The molecule has 0 aliphatic heterocycles. The number of aromatic nitrogens is 1. The first-order chi connectivity index (χ1) is 8.81. The Morgan fingerprint density at radius 2 is 1.89 bits per heavy atom. The zero-order chi connectivity index (χ0) is 12.8. The number of ether oxygens (including phenoxy) is 2. The van der Waals surface area contributed by atoms with Gasteiger partial charge in [0.1, 0.15) is 17.2 Å². The van der Waals surface area contributed by atoms with Crippen molar-refractivity contribution in [2.45, 2.75) is 6.54 Å². The maximum absolute atomic E-state index is 5.76. The van der Waals surface area contributed by atoms with Crippen LogP contribution in [0.5, 0.6) is 17.2 Å². The highest BCUT2D eigenvalue weighted by molar-refractivity contribution is 5.36. The van der Waals surface area contributed by atoms with Crippen molar-refractivity contribution in [2.75, 3.05) is 14.2 Å². The van der Waals surface area contributed by atoms with Gasteiger partial charge in [0.15, 0.2) is 0 Å². The first-order valence-electron chi connectivity index (χ1n) is 5.73. The van der Waals surface area contributed by atoms with Gasteiger partial charge in [-0.05, 0) is 25.2 Å². The molecule has 0 radical (unpaired) electrons. The molecule has 4 nitrogen and oxygen atoms in total. The first-order valence-corrected chi connectivity index (χ1v) is 5.73. The number of nitrogens with zero attached hydrogens (tertiary/aromatic N) is 1. The van der Waals surface area contributed by atoms with E-state index in [0.717, 1.165) is 29.5 Å². The fourth-order valence-corrected chi connectivity index (χ4v) is 1.60. The van der Waals surface area contributed by atoms with Crippen molar-refractivity contribution in [3.63, 3.8) is 0 Å². The first kappa shape index (κ1) is 12.4. The van der Waals surface area contributed by atoms with Crippen LogP contribution in [0.3, 0.4) is 0 Å². The maximum atomic E-state index is 5.76. The Bertz CT molecular complexity index is 515. The van der Waals surface area contributed by atoms with Crippen LogP contribution in [0, 0.1) is 0 Å². The second-order valence-electron chi connectivity index (χ2n) is 3.79. The molecule has 1 heterocycles. The van der Waals surface area contributed by atoms with Crippen LogP contribution in [0.15, 0.2) is 42.6 Å². The van der Waals surface area contributed by atoms with Crippen molar-refractivity contribution in [2.24, 2.45) is 0 Å². The van der Waals surface area contributed by atoms with Crippen molar-refractivity contribution in [1.29, 1.82) is 0 Å². The van der Waals surface area contributed by atoms with Crippen LogP contribution >= 0.6 is 0 Å². The van der Waals surface area contributed by atoms with E-state index >= 15 is 0 Å². The largest absolute Gasteiger partial charge is 0.497 e. The highest BCUT2D eigenvalue weighted by Crippen LogP contribution is 2.25. The zero-order valence-electron chi connectivity index (χ0n) is 10.5.